The third kappa shape index (κ3) is 8.01. The van der Waals surface area contributed by atoms with Crippen LogP contribution in [-0.2, 0) is 19.1 Å². The van der Waals surface area contributed by atoms with Crippen LogP contribution in [-0.4, -0.2) is 61.2 Å². The number of ether oxygens (including phenoxy) is 2. The largest absolute Gasteiger partial charge is 0.453 e. The standard InChI is InChI=1S/C31H33ClFN5O6/c1-18-24(11-10-23(32)28(18)33)37-31(42)44-15-14-38(2)29(40)21-6-4-5-7-27(39)36-26-17-20(35-30(41)43-3)8-9-22(26)25-16-19(21)12-13-34-25/h8-13,16-17,21H,4-7,14-15H2,1-3H3,(H,35,41)(H,36,39)(H,37,42). The van der Waals surface area contributed by atoms with Gasteiger partial charge in [-0.1, -0.05) is 18.0 Å². The molecule has 2 bridgehead atoms. The Morgan fingerprint density at radius 3 is 2.68 bits per heavy atom. The molecule has 1 atom stereocenters. The van der Waals surface area contributed by atoms with Crippen molar-refractivity contribution in [1.82, 2.24) is 9.88 Å². The van der Waals surface area contributed by atoms with Gasteiger partial charge in [-0.2, -0.15) is 0 Å². The number of rotatable bonds is 6. The molecule has 0 aliphatic carbocycles. The Balaban J connectivity index is 1.48. The number of halogens is 2. The fourth-order valence-corrected chi connectivity index (χ4v) is 5.00. The molecular formula is C31H33ClFN5O6. The minimum absolute atomic E-state index is 0.0517. The summed E-state index contributed by atoms with van der Waals surface area (Å²) in [6, 6.07) is 11.4. The number of aromatic nitrogens is 1. The average Bonchev–Trinajstić information content (AvgIpc) is 3.00. The van der Waals surface area contributed by atoms with E-state index in [1.165, 1.54) is 31.1 Å². The lowest BCUT2D eigenvalue weighted by molar-refractivity contribution is -0.132. The van der Waals surface area contributed by atoms with Crippen LogP contribution in [0.5, 0.6) is 0 Å². The SMILES string of the molecule is COC(=O)Nc1ccc2c(c1)NC(=O)CCCCC(C(=O)N(C)CCOC(=O)Nc1ccc(Cl)c(F)c1C)c1ccnc-2c1. The molecule has 232 valence electrons. The summed E-state index contributed by atoms with van der Waals surface area (Å²) < 4.78 is 23.9. The second-order valence-electron chi connectivity index (χ2n) is 10.3. The van der Waals surface area contributed by atoms with Gasteiger partial charge in [0.2, 0.25) is 11.8 Å². The van der Waals surface area contributed by atoms with Gasteiger partial charge >= 0.3 is 12.2 Å². The molecule has 2 heterocycles. The number of carbonyl (C=O) groups excluding carboxylic acids is 4. The zero-order valence-corrected chi connectivity index (χ0v) is 25.3. The van der Waals surface area contributed by atoms with Crippen LogP contribution in [0.1, 0.15) is 42.7 Å². The zero-order valence-electron chi connectivity index (χ0n) is 24.5. The first-order valence-electron chi connectivity index (χ1n) is 14.0. The predicted octanol–water partition coefficient (Wildman–Crippen LogP) is 6.33. The van der Waals surface area contributed by atoms with E-state index in [9.17, 15) is 23.6 Å². The van der Waals surface area contributed by atoms with Crippen LogP contribution in [0.3, 0.4) is 0 Å². The maximum atomic E-state index is 14.0. The lowest BCUT2D eigenvalue weighted by Crippen LogP contribution is -2.35. The van der Waals surface area contributed by atoms with Crippen LogP contribution < -0.4 is 16.0 Å². The van der Waals surface area contributed by atoms with Crippen LogP contribution >= 0.6 is 11.6 Å². The Labute approximate surface area is 259 Å². The van der Waals surface area contributed by atoms with E-state index in [0.29, 0.717) is 41.9 Å². The van der Waals surface area contributed by atoms with Crippen LogP contribution in [0, 0.1) is 12.7 Å². The molecule has 0 radical (unpaired) electrons. The molecule has 0 saturated heterocycles. The molecule has 2 aromatic carbocycles. The Bertz CT molecular complexity index is 1570. The number of pyridine rings is 1. The van der Waals surface area contributed by atoms with Crippen molar-refractivity contribution in [3.63, 3.8) is 0 Å². The second kappa shape index (κ2) is 14.6. The topological polar surface area (TPSA) is 139 Å². The third-order valence-electron chi connectivity index (χ3n) is 7.24. The van der Waals surface area contributed by atoms with Crippen molar-refractivity contribution < 1.29 is 33.0 Å². The van der Waals surface area contributed by atoms with Gasteiger partial charge in [0.1, 0.15) is 12.4 Å². The van der Waals surface area contributed by atoms with Crippen molar-refractivity contribution in [2.24, 2.45) is 0 Å². The normalized spacial score (nSPS) is 14.6. The predicted molar refractivity (Wildman–Crippen MR) is 164 cm³/mol. The minimum atomic E-state index is -0.790. The van der Waals surface area contributed by atoms with Crippen LogP contribution in [0.25, 0.3) is 11.3 Å². The Morgan fingerprint density at radius 1 is 1.11 bits per heavy atom. The van der Waals surface area contributed by atoms with Crippen molar-refractivity contribution in [3.8, 4) is 11.3 Å². The van der Waals surface area contributed by atoms with Gasteiger partial charge in [-0.15, -0.1) is 0 Å². The highest BCUT2D eigenvalue weighted by molar-refractivity contribution is 6.30. The molecule has 0 saturated carbocycles. The van der Waals surface area contributed by atoms with Gasteiger partial charge in [0, 0.05) is 42.2 Å². The third-order valence-corrected chi connectivity index (χ3v) is 7.54. The monoisotopic (exact) mass is 625 g/mol. The molecule has 0 spiro atoms. The molecule has 1 aliphatic heterocycles. The molecule has 3 N–H and O–H groups in total. The van der Waals surface area contributed by atoms with Crippen LogP contribution in [0.2, 0.25) is 5.02 Å². The molecular weight excluding hydrogens is 593 g/mol. The molecule has 1 aromatic heterocycles. The number of fused-ring (bicyclic) bond motifs is 4. The number of nitrogens with one attached hydrogen (secondary N) is 3. The molecule has 4 amide bonds. The smallest absolute Gasteiger partial charge is 0.411 e. The van der Waals surface area contributed by atoms with Gasteiger partial charge in [0.25, 0.3) is 0 Å². The Morgan fingerprint density at radius 2 is 1.91 bits per heavy atom. The van der Waals surface area contributed by atoms with Crippen molar-refractivity contribution in [1.29, 1.82) is 0 Å². The zero-order chi connectivity index (χ0) is 31.8. The number of hydrogen-bond donors (Lipinski definition) is 3. The van der Waals surface area contributed by atoms with E-state index < -0.39 is 23.9 Å². The molecule has 4 rings (SSSR count). The van der Waals surface area contributed by atoms with Gasteiger partial charge in [0.05, 0.1) is 36.0 Å². The fraction of sp³-hybridized carbons (Fsp3) is 0.323. The number of anilines is 3. The lowest BCUT2D eigenvalue weighted by Gasteiger charge is -2.25. The summed E-state index contributed by atoms with van der Waals surface area (Å²) in [6.45, 7) is 1.52. The minimum Gasteiger partial charge on any atom is -0.453 e. The van der Waals surface area contributed by atoms with Gasteiger partial charge in [-0.05, 0) is 67.8 Å². The van der Waals surface area contributed by atoms with E-state index in [1.54, 1.807) is 37.5 Å². The number of likely N-dealkylation sites (N-methyl/N-ethyl adjacent to an activating group) is 1. The highest BCUT2D eigenvalue weighted by atomic mass is 35.5. The quantitative estimate of drug-likeness (QED) is 0.291. The fourth-order valence-electron chi connectivity index (χ4n) is 4.79. The average molecular weight is 626 g/mol. The number of methoxy groups -OCH3 is 1. The lowest BCUT2D eigenvalue weighted by atomic mass is 9.90. The van der Waals surface area contributed by atoms with E-state index in [1.807, 2.05) is 6.07 Å². The summed E-state index contributed by atoms with van der Waals surface area (Å²) in [7, 11) is 2.88. The van der Waals surface area contributed by atoms with E-state index in [-0.39, 0.29) is 47.7 Å². The second-order valence-corrected chi connectivity index (χ2v) is 10.7. The summed E-state index contributed by atoms with van der Waals surface area (Å²) in [4.78, 5) is 56.4. The summed E-state index contributed by atoms with van der Waals surface area (Å²) in [5.74, 6) is -1.54. The molecule has 11 nitrogen and oxygen atoms in total. The number of benzene rings is 2. The first-order valence-corrected chi connectivity index (χ1v) is 14.3. The van der Waals surface area contributed by atoms with E-state index in [2.05, 4.69) is 25.7 Å². The number of hydrogen-bond acceptors (Lipinski definition) is 7. The maximum Gasteiger partial charge on any atom is 0.411 e. The number of carbonyl (C=O) groups is 4. The molecule has 0 fully saturated rings. The summed E-state index contributed by atoms with van der Waals surface area (Å²) in [5, 5.41) is 7.93. The van der Waals surface area contributed by atoms with Crippen molar-refractivity contribution in [3.05, 3.63) is 70.6 Å². The first kappa shape index (κ1) is 32.2. The summed E-state index contributed by atoms with van der Waals surface area (Å²) in [6.07, 6.45) is 2.08. The molecule has 1 aliphatic rings. The maximum absolute atomic E-state index is 14.0. The summed E-state index contributed by atoms with van der Waals surface area (Å²) in [5.41, 5.74) is 3.21. The molecule has 3 aromatic rings. The molecule has 13 heteroatoms. The Hall–Kier alpha value is -4.71. The highest BCUT2D eigenvalue weighted by Crippen LogP contribution is 2.34. The molecule has 1 unspecified atom stereocenters. The number of amides is 4. The van der Waals surface area contributed by atoms with Gasteiger partial charge < -0.3 is 19.7 Å². The van der Waals surface area contributed by atoms with E-state index >= 15 is 0 Å². The molecule has 44 heavy (non-hydrogen) atoms. The Kier molecular flexibility index (Phi) is 10.7. The van der Waals surface area contributed by atoms with Crippen molar-refractivity contribution in [2.75, 3.05) is 43.3 Å². The van der Waals surface area contributed by atoms with Gasteiger partial charge in [-0.3, -0.25) is 25.2 Å². The van der Waals surface area contributed by atoms with Gasteiger partial charge in [-0.25, -0.2) is 14.0 Å². The van der Waals surface area contributed by atoms with E-state index in [0.717, 1.165) is 5.56 Å². The van der Waals surface area contributed by atoms with Crippen molar-refractivity contribution >= 4 is 52.7 Å². The first-order chi connectivity index (χ1) is 21.1. The van der Waals surface area contributed by atoms with Crippen LogP contribution in [0.15, 0.2) is 48.7 Å². The van der Waals surface area contributed by atoms with Gasteiger partial charge in [0.15, 0.2) is 0 Å². The summed E-state index contributed by atoms with van der Waals surface area (Å²) >= 11 is 5.77. The van der Waals surface area contributed by atoms with Crippen LogP contribution in [0.4, 0.5) is 31.0 Å². The highest BCUT2D eigenvalue weighted by Gasteiger charge is 2.26. The van der Waals surface area contributed by atoms with Crippen molar-refractivity contribution in [2.45, 2.75) is 38.5 Å². The van der Waals surface area contributed by atoms with E-state index in [4.69, 9.17) is 16.3 Å². The number of nitrogens with zero attached hydrogens (tertiary/aromatic N) is 2.